The number of aliphatic hydroxyl groups excluding tert-OH is 2. The molecule has 0 radical (unpaired) electrons. The molecular weight excluding hydrogens is 441 g/mol. The largest absolute Gasteiger partial charge is 0.469 e. The number of rotatable bonds is 12. The molecule has 0 aliphatic rings. The van der Waals surface area contributed by atoms with Gasteiger partial charge in [0.1, 0.15) is 12.7 Å². The second-order valence-electron chi connectivity index (χ2n) is 9.75. The molecule has 0 heterocycles. The van der Waals surface area contributed by atoms with E-state index in [4.69, 9.17) is 22.6 Å². The molecule has 0 saturated heterocycles. The Bertz CT molecular complexity index is 441. The molecule has 0 aromatic rings. The van der Waals surface area contributed by atoms with Crippen LogP contribution in [-0.2, 0) is 21.9 Å². The number of esters is 1. The molecule has 7 nitrogen and oxygen atoms in total. The third kappa shape index (κ3) is 19.6. The average Bonchev–Trinajstić information content (AvgIpc) is 2.47. The van der Waals surface area contributed by atoms with Crippen LogP contribution in [0.4, 0.5) is 0 Å². The zero-order valence-corrected chi connectivity index (χ0v) is 24.1. The zero-order valence-electron chi connectivity index (χ0n) is 20.1. The molecule has 0 aliphatic carbocycles. The lowest BCUT2D eigenvalue weighted by atomic mass is 10.4. The lowest BCUT2D eigenvalue weighted by molar-refractivity contribution is -0.141. The molecule has 0 fully saturated rings. The van der Waals surface area contributed by atoms with E-state index in [9.17, 15) is 4.79 Å². The van der Waals surface area contributed by atoms with Gasteiger partial charge in [0.25, 0.3) is 0 Å². The van der Waals surface area contributed by atoms with Crippen LogP contribution in [-0.4, -0.2) is 69.3 Å². The summed E-state index contributed by atoms with van der Waals surface area (Å²) in [5.41, 5.74) is 0. The lowest BCUT2D eigenvalue weighted by Crippen LogP contribution is -2.60. The Morgan fingerprint density at radius 3 is 1.55 bits per heavy atom. The first-order chi connectivity index (χ1) is 12.9. The number of carbonyl (C=O) groups is 1. The Hall–Kier alpha value is -0.122. The SMILES string of the molecule is C=CC(=O)OCC(O)CO.CCC[Si](O[Si](C)(C)C)(O[Si](C)(C)C)O[Si](C)(C)C. The highest BCUT2D eigenvalue weighted by molar-refractivity contribution is 6.90. The van der Waals surface area contributed by atoms with Crippen molar-refractivity contribution in [3.05, 3.63) is 12.7 Å². The molecule has 0 aromatic carbocycles. The van der Waals surface area contributed by atoms with Gasteiger partial charge in [-0.2, -0.15) is 0 Å². The summed E-state index contributed by atoms with van der Waals surface area (Å²) in [7, 11) is -7.54. The van der Waals surface area contributed by atoms with Gasteiger partial charge in [-0.3, -0.25) is 0 Å². The van der Waals surface area contributed by atoms with Crippen LogP contribution >= 0.6 is 0 Å². The maximum absolute atomic E-state index is 10.3. The fourth-order valence-corrected chi connectivity index (χ4v) is 16.9. The van der Waals surface area contributed by atoms with Gasteiger partial charge in [-0.25, -0.2) is 4.79 Å². The van der Waals surface area contributed by atoms with Crippen LogP contribution in [0.5, 0.6) is 0 Å². The molecule has 1 unspecified atom stereocenters. The van der Waals surface area contributed by atoms with Gasteiger partial charge in [0.15, 0.2) is 25.0 Å². The number of carbonyl (C=O) groups excluding carboxylic acids is 1. The summed E-state index contributed by atoms with van der Waals surface area (Å²) in [6.45, 7) is 24.8. The Morgan fingerprint density at radius 1 is 0.931 bits per heavy atom. The fourth-order valence-electron chi connectivity index (χ4n) is 2.21. The number of hydrogen-bond donors (Lipinski definition) is 2. The van der Waals surface area contributed by atoms with E-state index in [0.29, 0.717) is 0 Å². The molecule has 174 valence electrons. The highest BCUT2D eigenvalue weighted by Crippen LogP contribution is 2.29. The first-order valence-corrected chi connectivity index (χ1v) is 22.2. The van der Waals surface area contributed by atoms with Crippen LogP contribution < -0.4 is 0 Å². The summed E-state index contributed by atoms with van der Waals surface area (Å²) in [6.07, 6.45) is 1.05. The predicted molar refractivity (Wildman–Crippen MR) is 128 cm³/mol. The van der Waals surface area contributed by atoms with Gasteiger partial charge in [0.2, 0.25) is 0 Å². The summed E-state index contributed by atoms with van der Waals surface area (Å²) in [5.74, 6) is -0.604. The normalized spacial score (nSPS) is 13.9. The van der Waals surface area contributed by atoms with Crippen molar-refractivity contribution >= 4 is 39.7 Å². The molecule has 0 rings (SSSR count). The topological polar surface area (TPSA) is 94.5 Å². The van der Waals surface area contributed by atoms with E-state index >= 15 is 0 Å². The van der Waals surface area contributed by atoms with Gasteiger partial charge in [0.05, 0.1) is 6.61 Å². The first-order valence-electron chi connectivity index (χ1n) is 10.1. The molecule has 0 spiro atoms. The number of hydrogen-bond acceptors (Lipinski definition) is 7. The summed E-state index contributed by atoms with van der Waals surface area (Å²) in [6, 6.07) is 0.950. The molecule has 29 heavy (non-hydrogen) atoms. The molecule has 0 bridgehead atoms. The minimum absolute atomic E-state index is 0.193. The molecular formula is C18H44O7Si4. The minimum atomic E-state index is -2.52. The van der Waals surface area contributed by atoms with Gasteiger partial charge in [-0.15, -0.1) is 0 Å². The third-order valence-corrected chi connectivity index (χ3v) is 14.9. The van der Waals surface area contributed by atoms with Crippen molar-refractivity contribution in [2.45, 2.75) is 84.4 Å². The van der Waals surface area contributed by atoms with E-state index in [-0.39, 0.29) is 6.61 Å². The zero-order chi connectivity index (χ0) is 23.5. The van der Waals surface area contributed by atoms with E-state index in [1.165, 1.54) is 0 Å². The molecule has 0 saturated carbocycles. The summed E-state index contributed by atoms with van der Waals surface area (Å²) >= 11 is 0. The van der Waals surface area contributed by atoms with E-state index < -0.39 is 52.4 Å². The molecule has 11 heteroatoms. The summed E-state index contributed by atoms with van der Waals surface area (Å²) in [4.78, 5) is 10.3. The lowest BCUT2D eigenvalue weighted by Gasteiger charge is -2.42. The minimum Gasteiger partial charge on any atom is -0.460 e. The monoisotopic (exact) mass is 484 g/mol. The number of ether oxygens (including phenoxy) is 1. The maximum atomic E-state index is 10.3. The fraction of sp³-hybridized carbons (Fsp3) is 0.833. The Kier molecular flexibility index (Phi) is 14.3. The molecule has 2 N–H and O–H groups in total. The van der Waals surface area contributed by atoms with Gasteiger partial charge < -0.3 is 27.3 Å². The molecule has 0 aliphatic heterocycles. The van der Waals surface area contributed by atoms with Crippen molar-refractivity contribution in [2.24, 2.45) is 0 Å². The van der Waals surface area contributed by atoms with Crippen molar-refractivity contribution in [2.75, 3.05) is 13.2 Å². The summed E-state index contributed by atoms with van der Waals surface area (Å²) in [5, 5.41) is 16.9. The Morgan fingerprint density at radius 2 is 1.31 bits per heavy atom. The van der Waals surface area contributed by atoms with E-state index in [0.717, 1.165) is 18.5 Å². The van der Waals surface area contributed by atoms with Crippen LogP contribution in [0.25, 0.3) is 0 Å². The van der Waals surface area contributed by atoms with Gasteiger partial charge in [0, 0.05) is 12.1 Å². The van der Waals surface area contributed by atoms with Crippen LogP contribution in [0.1, 0.15) is 13.3 Å². The van der Waals surface area contributed by atoms with Crippen LogP contribution in [0.2, 0.25) is 65.0 Å². The van der Waals surface area contributed by atoms with E-state index in [2.05, 4.69) is 77.2 Å². The van der Waals surface area contributed by atoms with Crippen LogP contribution in [0, 0.1) is 0 Å². The highest BCUT2D eigenvalue weighted by atomic mass is 28.5. The Labute approximate surface area is 182 Å². The standard InChI is InChI=1S/C12H34O3Si4.C6H10O4/c1-11-12-19(13-16(2,3)4,14-17(5,6)7)15-18(8,9)10;1-2-6(9)10-4-5(8)3-7/h11-12H2,1-10H3;2,5,7-8H,1,3-4H2. The van der Waals surface area contributed by atoms with Crippen molar-refractivity contribution in [1.82, 2.24) is 0 Å². The van der Waals surface area contributed by atoms with Crippen molar-refractivity contribution in [3.63, 3.8) is 0 Å². The van der Waals surface area contributed by atoms with Crippen molar-refractivity contribution < 1.29 is 32.1 Å². The second-order valence-corrected chi connectivity index (χ2v) is 26.7. The predicted octanol–water partition coefficient (Wildman–Crippen LogP) is 3.96. The second kappa shape index (κ2) is 13.3. The third-order valence-electron chi connectivity index (χ3n) is 2.74. The van der Waals surface area contributed by atoms with E-state index in [1.54, 1.807) is 0 Å². The van der Waals surface area contributed by atoms with Crippen molar-refractivity contribution in [3.8, 4) is 0 Å². The highest BCUT2D eigenvalue weighted by Gasteiger charge is 2.49. The van der Waals surface area contributed by atoms with Crippen LogP contribution in [0.3, 0.4) is 0 Å². The van der Waals surface area contributed by atoms with Crippen LogP contribution in [0.15, 0.2) is 12.7 Å². The van der Waals surface area contributed by atoms with Crippen molar-refractivity contribution in [1.29, 1.82) is 0 Å². The molecule has 1 atom stereocenters. The summed E-state index contributed by atoms with van der Waals surface area (Å²) < 4.78 is 23.9. The first kappa shape index (κ1) is 31.1. The Balaban J connectivity index is 0. The van der Waals surface area contributed by atoms with E-state index in [1.807, 2.05) is 0 Å². The van der Waals surface area contributed by atoms with Gasteiger partial charge >= 0.3 is 14.8 Å². The smallest absolute Gasteiger partial charge is 0.460 e. The van der Waals surface area contributed by atoms with Gasteiger partial charge in [-0.1, -0.05) is 19.9 Å². The molecule has 0 aromatic heterocycles. The average molecular weight is 485 g/mol. The van der Waals surface area contributed by atoms with Gasteiger partial charge in [-0.05, 0) is 58.9 Å². The quantitative estimate of drug-likeness (QED) is 0.246. The number of aliphatic hydroxyl groups is 2. The maximum Gasteiger partial charge on any atom is 0.469 e. The molecule has 0 amide bonds.